The minimum absolute atomic E-state index is 0.0705. The minimum Gasteiger partial charge on any atom is -0.490 e. The molecule has 20 heavy (non-hydrogen) atoms. The highest BCUT2D eigenvalue weighted by atomic mass is 35.5. The molecule has 1 heterocycles. The van der Waals surface area contributed by atoms with Crippen molar-refractivity contribution in [3.63, 3.8) is 0 Å². The van der Waals surface area contributed by atoms with Gasteiger partial charge in [0.15, 0.2) is 10.8 Å². The summed E-state index contributed by atoms with van der Waals surface area (Å²) in [5.74, 6) is 0.206. The van der Waals surface area contributed by atoms with Gasteiger partial charge in [0.25, 0.3) is 11.2 Å². The van der Waals surface area contributed by atoms with Gasteiger partial charge in [-0.1, -0.05) is 11.6 Å². The molecule has 0 fully saturated rings. The summed E-state index contributed by atoms with van der Waals surface area (Å²) >= 11 is 5.90. The highest BCUT2D eigenvalue weighted by Gasteiger charge is 2.12. The number of rotatable bonds is 4. The summed E-state index contributed by atoms with van der Waals surface area (Å²) < 4.78 is 6.21. The molecule has 0 atom stereocenters. The molecule has 8 heteroatoms. The van der Waals surface area contributed by atoms with Crippen LogP contribution < -0.4 is 10.3 Å². The lowest BCUT2D eigenvalue weighted by atomic mass is 10.3. The van der Waals surface area contributed by atoms with E-state index >= 15 is 0 Å². The number of aromatic nitrogens is 2. The number of ether oxygens (including phenoxy) is 1. The molecule has 0 aliphatic heterocycles. The van der Waals surface area contributed by atoms with Crippen molar-refractivity contribution in [2.45, 2.75) is 6.92 Å². The number of benzene rings is 1. The molecule has 7 nitrogen and oxygen atoms in total. The first-order chi connectivity index (χ1) is 9.54. The molecule has 104 valence electrons. The number of nitrogens with zero attached hydrogens (tertiary/aromatic N) is 3. The number of non-ortho nitro benzene ring substituents is 1. The van der Waals surface area contributed by atoms with Crippen LogP contribution in [0.2, 0.25) is 5.02 Å². The van der Waals surface area contributed by atoms with Crippen molar-refractivity contribution in [1.29, 1.82) is 0 Å². The van der Waals surface area contributed by atoms with E-state index in [9.17, 15) is 14.9 Å². The normalized spacial score (nSPS) is 10.3. The lowest BCUT2D eigenvalue weighted by Crippen LogP contribution is -2.22. The fourth-order valence-electron chi connectivity index (χ4n) is 1.57. The average Bonchev–Trinajstić information content (AvgIpc) is 2.44. The maximum atomic E-state index is 12.0. The minimum atomic E-state index is -0.550. The molecule has 0 aliphatic rings. The molecule has 0 saturated carbocycles. The third kappa shape index (κ3) is 2.62. The van der Waals surface area contributed by atoms with Gasteiger partial charge in [0.2, 0.25) is 0 Å². The van der Waals surface area contributed by atoms with Crippen molar-refractivity contribution in [2.75, 3.05) is 6.61 Å². The van der Waals surface area contributed by atoms with Gasteiger partial charge in [-0.15, -0.1) is 0 Å². The van der Waals surface area contributed by atoms with E-state index in [0.29, 0.717) is 12.3 Å². The van der Waals surface area contributed by atoms with E-state index in [1.54, 1.807) is 6.92 Å². The molecule has 2 rings (SSSR count). The molecule has 0 saturated heterocycles. The molecule has 0 amide bonds. The van der Waals surface area contributed by atoms with Crippen molar-refractivity contribution in [2.24, 2.45) is 0 Å². The summed E-state index contributed by atoms with van der Waals surface area (Å²) in [6.07, 6.45) is 1.33. The summed E-state index contributed by atoms with van der Waals surface area (Å²) in [6.45, 7) is 2.13. The second kappa shape index (κ2) is 5.70. The van der Waals surface area contributed by atoms with E-state index in [-0.39, 0.29) is 16.5 Å². The second-order valence-corrected chi connectivity index (χ2v) is 4.12. The standard InChI is InChI=1S/C12H10ClN3O4/c1-2-20-10-7-14-15(12(17)11(10)13)8-3-5-9(6-4-8)16(18)19/h3-7H,2H2,1H3. The molecule has 0 radical (unpaired) electrons. The summed E-state index contributed by atoms with van der Waals surface area (Å²) in [4.78, 5) is 22.1. The van der Waals surface area contributed by atoms with Crippen LogP contribution >= 0.6 is 11.6 Å². The van der Waals surface area contributed by atoms with Crippen LogP contribution in [-0.2, 0) is 0 Å². The summed E-state index contributed by atoms with van der Waals surface area (Å²) in [7, 11) is 0. The van der Waals surface area contributed by atoms with E-state index in [1.807, 2.05) is 0 Å². The summed E-state index contributed by atoms with van der Waals surface area (Å²) in [5.41, 5.74) is -0.240. The van der Waals surface area contributed by atoms with Gasteiger partial charge < -0.3 is 4.74 Å². The van der Waals surface area contributed by atoms with Crippen molar-refractivity contribution in [1.82, 2.24) is 9.78 Å². The molecule has 0 bridgehead atoms. The average molecular weight is 296 g/mol. The molecule has 1 aromatic carbocycles. The van der Waals surface area contributed by atoms with Crippen LogP contribution in [0.3, 0.4) is 0 Å². The Morgan fingerprint density at radius 3 is 2.60 bits per heavy atom. The lowest BCUT2D eigenvalue weighted by Gasteiger charge is -2.08. The Bertz CT molecular complexity index is 697. The molecular formula is C12H10ClN3O4. The second-order valence-electron chi connectivity index (χ2n) is 3.75. The van der Waals surface area contributed by atoms with Gasteiger partial charge in [0, 0.05) is 12.1 Å². The molecule has 1 aromatic heterocycles. The maximum absolute atomic E-state index is 12.0. The third-order valence-corrected chi connectivity index (χ3v) is 2.84. The molecule has 0 spiro atoms. The monoisotopic (exact) mass is 295 g/mol. The van der Waals surface area contributed by atoms with E-state index in [0.717, 1.165) is 4.68 Å². The fraction of sp³-hybridized carbons (Fsp3) is 0.167. The van der Waals surface area contributed by atoms with Crippen LogP contribution in [-0.4, -0.2) is 21.3 Å². The predicted octanol–water partition coefficient (Wildman–Crippen LogP) is 2.19. The molecule has 2 aromatic rings. The SMILES string of the molecule is CCOc1cnn(-c2ccc([N+](=O)[O-])cc2)c(=O)c1Cl. The van der Waals surface area contributed by atoms with Gasteiger partial charge >= 0.3 is 0 Å². The summed E-state index contributed by atoms with van der Waals surface area (Å²) in [5, 5.41) is 14.4. The van der Waals surface area contributed by atoms with Gasteiger partial charge in [-0.25, -0.2) is 0 Å². The van der Waals surface area contributed by atoms with E-state index in [4.69, 9.17) is 16.3 Å². The van der Waals surface area contributed by atoms with E-state index in [2.05, 4.69) is 5.10 Å². The van der Waals surface area contributed by atoms with Crippen LogP contribution in [0.15, 0.2) is 35.3 Å². The highest BCUT2D eigenvalue weighted by Crippen LogP contribution is 2.20. The summed E-state index contributed by atoms with van der Waals surface area (Å²) in [6, 6.07) is 5.41. The zero-order valence-corrected chi connectivity index (χ0v) is 11.2. The van der Waals surface area contributed by atoms with Crippen molar-refractivity contribution in [3.05, 3.63) is 56.0 Å². The first-order valence-corrected chi connectivity index (χ1v) is 6.08. The topological polar surface area (TPSA) is 87.3 Å². The van der Waals surface area contributed by atoms with Crippen LogP contribution in [0, 0.1) is 10.1 Å². The van der Waals surface area contributed by atoms with Gasteiger partial charge in [0.05, 0.1) is 23.4 Å². The van der Waals surface area contributed by atoms with Crippen LogP contribution in [0.4, 0.5) is 5.69 Å². The lowest BCUT2D eigenvalue weighted by molar-refractivity contribution is -0.384. The number of hydrogen-bond donors (Lipinski definition) is 0. The molecule has 0 aliphatic carbocycles. The Morgan fingerprint density at radius 2 is 2.05 bits per heavy atom. The van der Waals surface area contributed by atoms with Crippen molar-refractivity contribution < 1.29 is 9.66 Å². The van der Waals surface area contributed by atoms with Crippen LogP contribution in [0.25, 0.3) is 5.69 Å². The Balaban J connectivity index is 2.45. The zero-order valence-electron chi connectivity index (χ0n) is 10.4. The van der Waals surface area contributed by atoms with Gasteiger partial charge in [0.1, 0.15) is 0 Å². The quantitative estimate of drug-likeness (QED) is 0.637. The number of nitro groups is 1. The van der Waals surface area contributed by atoms with Crippen molar-refractivity contribution in [3.8, 4) is 11.4 Å². The van der Waals surface area contributed by atoms with Crippen LogP contribution in [0.5, 0.6) is 5.75 Å². The fourth-order valence-corrected chi connectivity index (χ4v) is 1.76. The molecule has 0 N–H and O–H groups in total. The maximum Gasteiger partial charge on any atom is 0.294 e. The number of nitro benzene ring substituents is 1. The molecular weight excluding hydrogens is 286 g/mol. The van der Waals surface area contributed by atoms with E-state index < -0.39 is 10.5 Å². The first kappa shape index (κ1) is 14.0. The first-order valence-electron chi connectivity index (χ1n) is 5.70. The predicted molar refractivity (Wildman–Crippen MR) is 72.7 cm³/mol. The Kier molecular flexibility index (Phi) is 3.99. The largest absolute Gasteiger partial charge is 0.490 e. The van der Waals surface area contributed by atoms with Gasteiger partial charge in [-0.2, -0.15) is 9.78 Å². The highest BCUT2D eigenvalue weighted by molar-refractivity contribution is 6.31. The van der Waals surface area contributed by atoms with Gasteiger partial charge in [-0.05, 0) is 19.1 Å². The smallest absolute Gasteiger partial charge is 0.294 e. The Labute approximate surface area is 118 Å². The van der Waals surface area contributed by atoms with Gasteiger partial charge in [-0.3, -0.25) is 14.9 Å². The third-order valence-electron chi connectivity index (χ3n) is 2.49. The Hall–Kier alpha value is -2.41. The van der Waals surface area contributed by atoms with E-state index in [1.165, 1.54) is 30.5 Å². The Morgan fingerprint density at radius 1 is 1.40 bits per heavy atom. The number of halogens is 1. The zero-order chi connectivity index (χ0) is 14.7. The van der Waals surface area contributed by atoms with Crippen LogP contribution in [0.1, 0.15) is 6.92 Å². The molecule has 0 unspecified atom stereocenters. The van der Waals surface area contributed by atoms with Crippen molar-refractivity contribution >= 4 is 17.3 Å². The number of hydrogen-bond acceptors (Lipinski definition) is 5.